The van der Waals surface area contributed by atoms with Gasteiger partial charge in [0.15, 0.2) is 0 Å². The van der Waals surface area contributed by atoms with Gasteiger partial charge in [-0.1, -0.05) is 48.9 Å². The highest BCUT2D eigenvalue weighted by molar-refractivity contribution is 6.31. The Bertz CT molecular complexity index is 599. The van der Waals surface area contributed by atoms with E-state index >= 15 is 0 Å². The summed E-state index contributed by atoms with van der Waals surface area (Å²) in [7, 11) is 0. The summed E-state index contributed by atoms with van der Waals surface area (Å²) in [5.74, 6) is -0.406. The molecule has 0 saturated carbocycles. The Morgan fingerprint density at radius 1 is 1.25 bits per heavy atom. The summed E-state index contributed by atoms with van der Waals surface area (Å²) in [6.45, 7) is 1.95. The number of benzene rings is 2. The van der Waals surface area contributed by atoms with E-state index in [0.29, 0.717) is 17.1 Å². The SMILES string of the molecule is CC[C@H](C(=O)Nc1cc(Cl)ccc1O)c1ccccc1. The number of hydrogen-bond donors (Lipinski definition) is 2. The molecule has 0 aliphatic carbocycles. The van der Waals surface area contributed by atoms with Gasteiger partial charge in [0, 0.05) is 5.02 Å². The molecule has 1 atom stereocenters. The molecule has 2 aromatic rings. The Morgan fingerprint density at radius 3 is 2.60 bits per heavy atom. The van der Waals surface area contributed by atoms with Crippen molar-refractivity contribution in [2.45, 2.75) is 19.3 Å². The maximum absolute atomic E-state index is 12.3. The van der Waals surface area contributed by atoms with Gasteiger partial charge in [-0.15, -0.1) is 0 Å². The summed E-state index contributed by atoms with van der Waals surface area (Å²) in [5, 5.41) is 12.9. The number of hydrogen-bond acceptors (Lipinski definition) is 2. The van der Waals surface area contributed by atoms with Crippen molar-refractivity contribution in [2.24, 2.45) is 0 Å². The monoisotopic (exact) mass is 289 g/mol. The fraction of sp³-hybridized carbons (Fsp3) is 0.188. The average molecular weight is 290 g/mol. The van der Waals surface area contributed by atoms with E-state index in [0.717, 1.165) is 5.56 Å². The van der Waals surface area contributed by atoms with Crippen molar-refractivity contribution in [3.8, 4) is 5.75 Å². The fourth-order valence-electron chi connectivity index (χ4n) is 2.09. The number of nitrogens with one attached hydrogen (secondary N) is 1. The third-order valence-electron chi connectivity index (χ3n) is 3.14. The van der Waals surface area contributed by atoms with Crippen LogP contribution < -0.4 is 5.32 Å². The molecule has 3 nitrogen and oxygen atoms in total. The smallest absolute Gasteiger partial charge is 0.232 e. The molecule has 0 aliphatic heterocycles. The van der Waals surface area contributed by atoms with Crippen molar-refractivity contribution in [3.05, 3.63) is 59.1 Å². The predicted octanol–water partition coefficient (Wildman–Crippen LogP) is 4.18. The molecule has 2 aromatic carbocycles. The van der Waals surface area contributed by atoms with E-state index in [1.54, 1.807) is 6.07 Å². The molecule has 4 heteroatoms. The largest absolute Gasteiger partial charge is 0.506 e. The average Bonchev–Trinajstić information content (AvgIpc) is 2.45. The van der Waals surface area contributed by atoms with Crippen LogP contribution >= 0.6 is 11.6 Å². The van der Waals surface area contributed by atoms with Gasteiger partial charge in [-0.05, 0) is 30.2 Å². The highest BCUT2D eigenvalue weighted by atomic mass is 35.5. The highest BCUT2D eigenvalue weighted by Crippen LogP contribution is 2.28. The van der Waals surface area contributed by atoms with Gasteiger partial charge in [0.05, 0.1) is 11.6 Å². The minimum absolute atomic E-state index is 0.00525. The first kappa shape index (κ1) is 14.4. The number of halogens is 1. The number of aromatic hydroxyl groups is 1. The summed E-state index contributed by atoms with van der Waals surface area (Å²) in [5.41, 5.74) is 1.28. The van der Waals surface area contributed by atoms with E-state index < -0.39 is 0 Å². The Morgan fingerprint density at radius 2 is 1.95 bits per heavy atom. The molecule has 0 aromatic heterocycles. The molecule has 0 unspecified atom stereocenters. The van der Waals surface area contributed by atoms with E-state index in [4.69, 9.17) is 11.6 Å². The van der Waals surface area contributed by atoms with Crippen LogP contribution in [0.5, 0.6) is 5.75 Å². The number of rotatable bonds is 4. The summed E-state index contributed by atoms with van der Waals surface area (Å²) in [4.78, 5) is 12.3. The number of phenols is 1. The third kappa shape index (κ3) is 3.31. The standard InChI is InChI=1S/C16H16ClNO2/c1-2-13(11-6-4-3-5-7-11)16(20)18-14-10-12(17)8-9-15(14)19/h3-10,13,19H,2H2,1H3,(H,18,20)/t13-/m0/s1. The molecule has 1 amide bonds. The summed E-state index contributed by atoms with van der Waals surface area (Å²) in [6.07, 6.45) is 0.678. The maximum atomic E-state index is 12.3. The van der Waals surface area contributed by atoms with Gasteiger partial charge < -0.3 is 10.4 Å². The van der Waals surface area contributed by atoms with Gasteiger partial charge in [0.25, 0.3) is 0 Å². The molecule has 104 valence electrons. The first-order chi connectivity index (χ1) is 9.61. The lowest BCUT2D eigenvalue weighted by atomic mass is 9.95. The lowest BCUT2D eigenvalue weighted by Gasteiger charge is -2.16. The first-order valence-corrected chi connectivity index (χ1v) is 6.84. The molecule has 0 spiro atoms. The van der Waals surface area contributed by atoms with Crippen molar-refractivity contribution in [2.75, 3.05) is 5.32 Å². The van der Waals surface area contributed by atoms with Gasteiger partial charge in [-0.3, -0.25) is 4.79 Å². The molecule has 0 radical (unpaired) electrons. The quantitative estimate of drug-likeness (QED) is 0.830. The van der Waals surface area contributed by atoms with Crippen LogP contribution in [-0.4, -0.2) is 11.0 Å². The van der Waals surface area contributed by atoms with Gasteiger partial charge in [-0.25, -0.2) is 0 Å². The van der Waals surface area contributed by atoms with Gasteiger partial charge >= 0.3 is 0 Å². The summed E-state index contributed by atoms with van der Waals surface area (Å²) in [6, 6.07) is 14.1. The van der Waals surface area contributed by atoms with E-state index in [2.05, 4.69) is 5.32 Å². The molecule has 0 bridgehead atoms. The second kappa shape index (κ2) is 6.44. The van der Waals surface area contributed by atoms with Crippen LogP contribution in [0.25, 0.3) is 0 Å². The fourth-order valence-corrected chi connectivity index (χ4v) is 2.26. The highest BCUT2D eigenvalue weighted by Gasteiger charge is 2.19. The Hall–Kier alpha value is -2.00. The van der Waals surface area contributed by atoms with E-state index in [9.17, 15) is 9.90 Å². The van der Waals surface area contributed by atoms with Gasteiger partial charge in [-0.2, -0.15) is 0 Å². The Labute approximate surface area is 123 Å². The molecule has 0 heterocycles. The number of phenolic OH excluding ortho intramolecular Hbond substituents is 1. The minimum Gasteiger partial charge on any atom is -0.506 e. The number of carbonyl (C=O) groups is 1. The van der Waals surface area contributed by atoms with E-state index in [-0.39, 0.29) is 17.6 Å². The number of carbonyl (C=O) groups excluding carboxylic acids is 1. The van der Waals surface area contributed by atoms with Gasteiger partial charge in [0.1, 0.15) is 5.75 Å². The normalized spacial score (nSPS) is 11.9. The van der Waals surface area contributed by atoms with Crippen molar-refractivity contribution in [3.63, 3.8) is 0 Å². The van der Waals surface area contributed by atoms with Crippen LogP contribution in [0.3, 0.4) is 0 Å². The summed E-state index contributed by atoms with van der Waals surface area (Å²) >= 11 is 5.87. The van der Waals surface area contributed by atoms with Gasteiger partial charge in [0.2, 0.25) is 5.91 Å². The van der Waals surface area contributed by atoms with Crippen molar-refractivity contribution in [1.82, 2.24) is 0 Å². The molecule has 2 rings (SSSR count). The van der Waals surface area contributed by atoms with Crippen LogP contribution in [0.2, 0.25) is 5.02 Å². The Balaban J connectivity index is 2.20. The Kier molecular flexibility index (Phi) is 4.64. The molecular weight excluding hydrogens is 274 g/mol. The van der Waals surface area contributed by atoms with Crippen molar-refractivity contribution in [1.29, 1.82) is 0 Å². The molecule has 0 aliphatic rings. The molecule has 0 saturated heterocycles. The van der Waals surface area contributed by atoms with Crippen LogP contribution in [-0.2, 0) is 4.79 Å². The zero-order valence-corrected chi connectivity index (χ0v) is 11.9. The van der Waals surface area contributed by atoms with Crippen LogP contribution in [0.1, 0.15) is 24.8 Å². The zero-order chi connectivity index (χ0) is 14.5. The predicted molar refractivity (Wildman–Crippen MR) is 81.2 cm³/mol. The van der Waals surface area contributed by atoms with E-state index in [1.807, 2.05) is 37.3 Å². The van der Waals surface area contributed by atoms with Crippen LogP contribution in [0.15, 0.2) is 48.5 Å². The molecular formula is C16H16ClNO2. The van der Waals surface area contributed by atoms with Crippen LogP contribution in [0.4, 0.5) is 5.69 Å². The lowest BCUT2D eigenvalue weighted by Crippen LogP contribution is -2.20. The number of anilines is 1. The third-order valence-corrected chi connectivity index (χ3v) is 3.38. The first-order valence-electron chi connectivity index (χ1n) is 6.46. The molecule has 0 fully saturated rings. The summed E-state index contributed by atoms with van der Waals surface area (Å²) < 4.78 is 0. The van der Waals surface area contributed by atoms with Crippen LogP contribution in [0, 0.1) is 0 Å². The zero-order valence-electron chi connectivity index (χ0n) is 11.1. The van der Waals surface area contributed by atoms with E-state index in [1.165, 1.54) is 12.1 Å². The lowest BCUT2D eigenvalue weighted by molar-refractivity contribution is -0.117. The molecule has 2 N–H and O–H groups in total. The number of amides is 1. The minimum atomic E-state index is -0.255. The van der Waals surface area contributed by atoms with Crippen molar-refractivity contribution >= 4 is 23.2 Å². The topological polar surface area (TPSA) is 49.3 Å². The maximum Gasteiger partial charge on any atom is 0.232 e. The second-order valence-electron chi connectivity index (χ2n) is 4.52. The molecule has 20 heavy (non-hydrogen) atoms. The van der Waals surface area contributed by atoms with Crippen molar-refractivity contribution < 1.29 is 9.90 Å². The second-order valence-corrected chi connectivity index (χ2v) is 4.96.